The lowest BCUT2D eigenvalue weighted by Crippen LogP contribution is -2.31. The smallest absolute Gasteiger partial charge is 0.217 e. The molecule has 2 nitrogen and oxygen atoms in total. The third-order valence-corrected chi connectivity index (χ3v) is 2.93. The molecule has 0 fully saturated rings. The molecule has 2 heterocycles. The highest BCUT2D eigenvalue weighted by atomic mass is 19.1. The van der Waals surface area contributed by atoms with Crippen molar-refractivity contribution in [3.05, 3.63) is 47.9 Å². The molecule has 0 amide bonds. The van der Waals surface area contributed by atoms with E-state index in [9.17, 15) is 4.39 Å². The SMILES string of the molecule is COc1cc[n+]2c(c1)-c1ccc(F)cc1C2. The largest absolute Gasteiger partial charge is 0.496 e. The van der Waals surface area contributed by atoms with Crippen molar-refractivity contribution in [1.82, 2.24) is 0 Å². The highest BCUT2D eigenvalue weighted by Crippen LogP contribution is 2.29. The van der Waals surface area contributed by atoms with Crippen LogP contribution in [0, 0.1) is 5.82 Å². The maximum Gasteiger partial charge on any atom is 0.217 e. The molecule has 80 valence electrons. The molecule has 0 atom stereocenters. The van der Waals surface area contributed by atoms with E-state index in [1.54, 1.807) is 13.2 Å². The Morgan fingerprint density at radius 1 is 1.25 bits per heavy atom. The van der Waals surface area contributed by atoms with Crippen LogP contribution in [0.25, 0.3) is 11.3 Å². The fourth-order valence-electron chi connectivity index (χ4n) is 2.13. The van der Waals surface area contributed by atoms with E-state index in [2.05, 4.69) is 4.57 Å². The van der Waals surface area contributed by atoms with Crippen LogP contribution in [0.4, 0.5) is 4.39 Å². The Bertz CT molecular complexity index is 566. The van der Waals surface area contributed by atoms with Gasteiger partial charge in [0.1, 0.15) is 11.6 Å². The number of fused-ring (bicyclic) bond motifs is 3. The lowest BCUT2D eigenvalue weighted by molar-refractivity contribution is -0.672. The highest BCUT2D eigenvalue weighted by molar-refractivity contribution is 5.64. The Hall–Kier alpha value is -1.90. The third kappa shape index (κ3) is 1.28. The fourth-order valence-corrected chi connectivity index (χ4v) is 2.13. The molecule has 0 radical (unpaired) electrons. The van der Waals surface area contributed by atoms with E-state index in [-0.39, 0.29) is 5.82 Å². The number of hydrogen-bond acceptors (Lipinski definition) is 1. The van der Waals surface area contributed by atoms with Crippen LogP contribution in [-0.4, -0.2) is 7.11 Å². The Balaban J connectivity index is 2.19. The van der Waals surface area contributed by atoms with Gasteiger partial charge in [0.05, 0.1) is 18.7 Å². The van der Waals surface area contributed by atoms with Crippen molar-refractivity contribution < 1.29 is 13.7 Å². The zero-order valence-electron chi connectivity index (χ0n) is 8.90. The number of hydrogen-bond donors (Lipinski definition) is 0. The van der Waals surface area contributed by atoms with Crippen LogP contribution in [0.15, 0.2) is 36.5 Å². The zero-order valence-corrected chi connectivity index (χ0v) is 8.90. The first-order chi connectivity index (χ1) is 7.78. The van der Waals surface area contributed by atoms with Crippen LogP contribution in [-0.2, 0) is 6.54 Å². The maximum absolute atomic E-state index is 13.1. The van der Waals surface area contributed by atoms with Crippen LogP contribution in [0.2, 0.25) is 0 Å². The Morgan fingerprint density at radius 2 is 2.12 bits per heavy atom. The van der Waals surface area contributed by atoms with Crippen LogP contribution in [0.3, 0.4) is 0 Å². The van der Waals surface area contributed by atoms with Crippen LogP contribution in [0.5, 0.6) is 5.75 Å². The zero-order chi connectivity index (χ0) is 11.1. The van der Waals surface area contributed by atoms with Gasteiger partial charge in [0.2, 0.25) is 5.69 Å². The number of rotatable bonds is 1. The van der Waals surface area contributed by atoms with Gasteiger partial charge < -0.3 is 4.74 Å². The van der Waals surface area contributed by atoms with Crippen molar-refractivity contribution in [3.63, 3.8) is 0 Å². The van der Waals surface area contributed by atoms with Gasteiger partial charge in [-0.3, -0.25) is 0 Å². The average molecular weight is 216 g/mol. The number of nitrogens with zero attached hydrogens (tertiary/aromatic N) is 1. The standard InChI is InChI=1S/C13H11FNO/c1-16-11-4-5-15-8-9-6-10(14)2-3-12(9)13(15)7-11/h2-7H,8H2,1H3/q+1. The summed E-state index contributed by atoms with van der Waals surface area (Å²) in [6.45, 7) is 0.729. The second-order valence-corrected chi connectivity index (χ2v) is 3.88. The van der Waals surface area contributed by atoms with Crippen LogP contribution >= 0.6 is 0 Å². The average Bonchev–Trinajstić information content (AvgIpc) is 2.65. The topological polar surface area (TPSA) is 13.1 Å². The molecule has 0 N–H and O–H groups in total. The van der Waals surface area contributed by atoms with E-state index in [0.29, 0.717) is 0 Å². The first-order valence-corrected chi connectivity index (χ1v) is 5.14. The minimum absolute atomic E-state index is 0.181. The second kappa shape index (κ2) is 3.30. The fraction of sp³-hybridized carbons (Fsp3) is 0.154. The van der Waals surface area contributed by atoms with Gasteiger partial charge in [0.15, 0.2) is 12.7 Å². The molecule has 3 heteroatoms. The minimum Gasteiger partial charge on any atom is -0.496 e. The predicted octanol–water partition coefficient (Wildman–Crippen LogP) is 2.15. The normalized spacial score (nSPS) is 12.1. The van der Waals surface area contributed by atoms with Crippen molar-refractivity contribution in [2.24, 2.45) is 0 Å². The van der Waals surface area contributed by atoms with E-state index < -0.39 is 0 Å². The molecule has 0 spiro atoms. The summed E-state index contributed by atoms with van der Waals surface area (Å²) in [6.07, 6.45) is 1.96. The molecule has 0 saturated carbocycles. The van der Waals surface area contributed by atoms with E-state index >= 15 is 0 Å². The lowest BCUT2D eigenvalue weighted by atomic mass is 10.1. The highest BCUT2D eigenvalue weighted by Gasteiger charge is 2.26. The third-order valence-electron chi connectivity index (χ3n) is 2.93. The molecule has 0 saturated heterocycles. The van der Waals surface area contributed by atoms with Gasteiger partial charge >= 0.3 is 0 Å². The van der Waals surface area contributed by atoms with Gasteiger partial charge in [0, 0.05) is 11.6 Å². The van der Waals surface area contributed by atoms with Gasteiger partial charge in [-0.15, -0.1) is 0 Å². The molecular formula is C13H11FNO+. The van der Waals surface area contributed by atoms with Crippen molar-refractivity contribution in [1.29, 1.82) is 0 Å². The quantitative estimate of drug-likeness (QED) is 0.568. The summed E-state index contributed by atoms with van der Waals surface area (Å²) >= 11 is 0. The van der Waals surface area contributed by atoms with Crippen molar-refractivity contribution in [2.75, 3.05) is 7.11 Å². The molecule has 0 unspecified atom stereocenters. The van der Waals surface area contributed by atoms with E-state index in [0.717, 1.165) is 29.1 Å². The van der Waals surface area contributed by atoms with Crippen LogP contribution < -0.4 is 9.30 Å². The number of methoxy groups -OCH3 is 1. The summed E-state index contributed by atoms with van der Waals surface area (Å²) in [4.78, 5) is 0. The summed E-state index contributed by atoms with van der Waals surface area (Å²) in [6, 6.07) is 8.79. The lowest BCUT2D eigenvalue weighted by Gasteiger charge is -1.98. The minimum atomic E-state index is -0.181. The predicted molar refractivity (Wildman–Crippen MR) is 57.7 cm³/mol. The van der Waals surface area contributed by atoms with Crippen molar-refractivity contribution in [2.45, 2.75) is 6.54 Å². The van der Waals surface area contributed by atoms with Crippen molar-refractivity contribution in [3.8, 4) is 17.0 Å². The molecule has 1 aromatic carbocycles. The number of aromatic nitrogens is 1. The summed E-state index contributed by atoms with van der Waals surface area (Å²) in [5, 5.41) is 0. The van der Waals surface area contributed by atoms with E-state index in [1.165, 1.54) is 6.07 Å². The molecule has 16 heavy (non-hydrogen) atoms. The van der Waals surface area contributed by atoms with Gasteiger partial charge in [0.25, 0.3) is 0 Å². The monoisotopic (exact) mass is 216 g/mol. The Labute approximate surface area is 92.9 Å². The van der Waals surface area contributed by atoms with Gasteiger partial charge in [-0.05, 0) is 18.2 Å². The molecule has 1 aliphatic heterocycles. The molecule has 1 aromatic heterocycles. The van der Waals surface area contributed by atoms with Crippen molar-refractivity contribution >= 4 is 0 Å². The molecule has 1 aliphatic rings. The molecular weight excluding hydrogens is 205 g/mol. The molecule has 0 aliphatic carbocycles. The summed E-state index contributed by atoms with van der Waals surface area (Å²) < 4.78 is 20.4. The first kappa shape index (κ1) is 9.33. The summed E-state index contributed by atoms with van der Waals surface area (Å²) in [5.41, 5.74) is 3.18. The number of ether oxygens (including phenoxy) is 1. The molecule has 0 bridgehead atoms. The summed E-state index contributed by atoms with van der Waals surface area (Å²) in [7, 11) is 1.65. The van der Waals surface area contributed by atoms with Gasteiger partial charge in [-0.2, -0.15) is 4.57 Å². The van der Waals surface area contributed by atoms with Crippen LogP contribution in [0.1, 0.15) is 5.56 Å². The molecule has 3 rings (SSSR count). The van der Waals surface area contributed by atoms with Gasteiger partial charge in [-0.25, -0.2) is 4.39 Å². The summed E-state index contributed by atoms with van der Waals surface area (Å²) in [5.74, 6) is 0.641. The number of pyridine rings is 1. The first-order valence-electron chi connectivity index (χ1n) is 5.14. The van der Waals surface area contributed by atoms with E-state index in [1.807, 2.05) is 24.4 Å². The Kier molecular flexibility index (Phi) is 1.93. The number of halogens is 1. The van der Waals surface area contributed by atoms with Gasteiger partial charge in [-0.1, -0.05) is 0 Å². The maximum atomic E-state index is 13.1. The second-order valence-electron chi connectivity index (χ2n) is 3.88. The van der Waals surface area contributed by atoms with E-state index in [4.69, 9.17) is 4.74 Å². The Morgan fingerprint density at radius 3 is 2.94 bits per heavy atom. The molecule has 2 aromatic rings. The number of benzene rings is 1.